The molecule has 0 fully saturated rings. The molecule has 9 heteroatoms. The zero-order chi connectivity index (χ0) is 45.7. The van der Waals surface area contributed by atoms with Crippen molar-refractivity contribution in [3.05, 3.63) is 18.7 Å². The lowest BCUT2D eigenvalue weighted by atomic mass is 9.84. The summed E-state index contributed by atoms with van der Waals surface area (Å²) in [5.41, 5.74) is -0.128. The minimum Gasteiger partial charge on any atom is -0.465 e. The number of rotatable bonds is 43. The van der Waals surface area contributed by atoms with Crippen LogP contribution in [0.4, 0.5) is 0 Å². The summed E-state index contributed by atoms with van der Waals surface area (Å²) >= 11 is 0. The number of hydrogen-bond acceptors (Lipinski definition) is 8. The monoisotopic (exact) mass is 876 g/mol. The standard InChI is InChI=1S/C53H101N3O6/c1-8-12-16-20-22-26-34-46(32-24-18-14-10-3)51(59)61-40-30-28-36-48(57)42-56(50(53(5,6)7)44-55-39-38-54-45-55)43-49(58)37-29-31-41-62-52(60)47(33-25-19-15-11-4)35-27-23-21-17-13-9-2/h38-39,45-50,57-58H,8-37,40-44H2,1-7H3. The van der Waals surface area contributed by atoms with Crippen molar-refractivity contribution in [2.24, 2.45) is 17.3 Å². The number of aromatic nitrogens is 2. The van der Waals surface area contributed by atoms with Crippen molar-refractivity contribution in [3.63, 3.8) is 0 Å². The minimum absolute atomic E-state index is 0.000586. The topological polar surface area (TPSA) is 114 Å². The number of imidazole rings is 1. The Bertz CT molecular complexity index is 1090. The predicted octanol–water partition coefficient (Wildman–Crippen LogP) is 13.4. The molecule has 62 heavy (non-hydrogen) atoms. The van der Waals surface area contributed by atoms with E-state index in [-0.39, 0.29) is 35.2 Å². The van der Waals surface area contributed by atoms with Gasteiger partial charge in [-0.15, -0.1) is 0 Å². The van der Waals surface area contributed by atoms with Crippen LogP contribution < -0.4 is 0 Å². The molecule has 0 saturated heterocycles. The zero-order valence-electron chi connectivity index (χ0n) is 41.7. The van der Waals surface area contributed by atoms with Crippen molar-refractivity contribution in [1.82, 2.24) is 14.5 Å². The molecule has 0 amide bonds. The van der Waals surface area contributed by atoms with E-state index in [2.05, 4.69) is 62.9 Å². The van der Waals surface area contributed by atoms with Crippen LogP contribution in [0.2, 0.25) is 0 Å². The van der Waals surface area contributed by atoms with Gasteiger partial charge in [-0.25, -0.2) is 4.98 Å². The van der Waals surface area contributed by atoms with Crippen molar-refractivity contribution >= 4 is 11.9 Å². The minimum atomic E-state index is -0.574. The third-order valence-corrected chi connectivity index (χ3v) is 12.9. The average Bonchev–Trinajstić information content (AvgIpc) is 3.76. The molecule has 1 heterocycles. The van der Waals surface area contributed by atoms with E-state index in [1.807, 2.05) is 12.5 Å². The number of aliphatic hydroxyl groups is 2. The number of ether oxygens (including phenoxy) is 2. The third kappa shape index (κ3) is 30.2. The van der Waals surface area contributed by atoms with Crippen LogP contribution in [-0.2, 0) is 25.6 Å². The first kappa shape index (κ1) is 58.0. The molecule has 0 aromatic carbocycles. The quantitative estimate of drug-likeness (QED) is 0.0492. The molecular formula is C53H101N3O6. The number of esters is 2. The Morgan fingerprint density at radius 3 is 1.26 bits per heavy atom. The van der Waals surface area contributed by atoms with Crippen LogP contribution >= 0.6 is 0 Å². The van der Waals surface area contributed by atoms with Gasteiger partial charge in [0.25, 0.3) is 0 Å². The number of aliphatic hydroxyl groups excluding tert-OH is 2. The van der Waals surface area contributed by atoms with Gasteiger partial charge in [0, 0.05) is 38.1 Å². The largest absolute Gasteiger partial charge is 0.465 e. The number of carbonyl (C=O) groups is 2. The summed E-state index contributed by atoms with van der Waals surface area (Å²) in [7, 11) is 0. The second kappa shape index (κ2) is 38.3. The molecule has 364 valence electrons. The molecule has 9 nitrogen and oxygen atoms in total. The van der Waals surface area contributed by atoms with E-state index < -0.39 is 12.2 Å². The first-order valence-corrected chi connectivity index (χ1v) is 26.4. The first-order chi connectivity index (χ1) is 30.0. The SMILES string of the molecule is CCCCCCCCC(CCCCCC)C(=O)OCCCCC(O)CN(CC(O)CCCCOC(=O)C(CCCCCC)CCCCCCCC)C(Cn1ccnc1)C(C)(C)C. The maximum atomic E-state index is 13.2. The van der Waals surface area contributed by atoms with Gasteiger partial charge < -0.3 is 24.3 Å². The molecule has 0 saturated carbocycles. The fraction of sp³-hybridized carbons (Fsp3) is 0.906. The van der Waals surface area contributed by atoms with Crippen molar-refractivity contribution in [1.29, 1.82) is 0 Å². The number of unbranched alkanes of at least 4 members (excludes halogenated alkanes) is 18. The van der Waals surface area contributed by atoms with Gasteiger partial charge >= 0.3 is 11.9 Å². The Kier molecular flexibility index (Phi) is 35.9. The Balaban J connectivity index is 2.72. The number of nitrogens with zero attached hydrogens (tertiary/aromatic N) is 3. The lowest BCUT2D eigenvalue weighted by Crippen LogP contribution is -2.51. The third-order valence-electron chi connectivity index (χ3n) is 12.9. The second-order valence-electron chi connectivity index (χ2n) is 19.9. The van der Waals surface area contributed by atoms with Gasteiger partial charge in [-0.2, -0.15) is 0 Å². The van der Waals surface area contributed by atoms with Gasteiger partial charge in [0.2, 0.25) is 0 Å². The van der Waals surface area contributed by atoms with Crippen LogP contribution in [0.1, 0.15) is 241 Å². The van der Waals surface area contributed by atoms with Crippen LogP contribution in [0.5, 0.6) is 0 Å². The van der Waals surface area contributed by atoms with Crippen molar-refractivity contribution in [2.75, 3.05) is 26.3 Å². The summed E-state index contributed by atoms with van der Waals surface area (Å²) < 4.78 is 13.8. The highest BCUT2D eigenvalue weighted by Crippen LogP contribution is 2.28. The van der Waals surface area contributed by atoms with Gasteiger partial charge in [-0.05, 0) is 69.6 Å². The first-order valence-electron chi connectivity index (χ1n) is 26.4. The predicted molar refractivity (Wildman–Crippen MR) is 259 cm³/mol. The lowest BCUT2D eigenvalue weighted by molar-refractivity contribution is -0.150. The van der Waals surface area contributed by atoms with Crippen molar-refractivity contribution in [2.45, 2.75) is 266 Å². The van der Waals surface area contributed by atoms with Gasteiger partial charge in [0.15, 0.2) is 0 Å². The van der Waals surface area contributed by atoms with E-state index in [9.17, 15) is 19.8 Å². The van der Waals surface area contributed by atoms with Gasteiger partial charge in [0.05, 0.1) is 43.6 Å². The fourth-order valence-corrected chi connectivity index (χ4v) is 8.87. The van der Waals surface area contributed by atoms with Crippen LogP contribution in [-0.4, -0.2) is 81.2 Å². The van der Waals surface area contributed by atoms with Crippen LogP contribution in [0.15, 0.2) is 18.7 Å². The molecule has 2 N–H and O–H groups in total. The molecule has 0 spiro atoms. The summed E-state index contributed by atoms with van der Waals surface area (Å²) in [6, 6.07) is 0.0460. The van der Waals surface area contributed by atoms with E-state index in [1.165, 1.54) is 103 Å². The molecule has 1 rings (SSSR count). The molecule has 1 aromatic rings. The maximum absolute atomic E-state index is 13.2. The summed E-state index contributed by atoms with van der Waals surface area (Å²) in [6.07, 6.45) is 36.4. The highest BCUT2D eigenvalue weighted by atomic mass is 16.5. The van der Waals surface area contributed by atoms with E-state index >= 15 is 0 Å². The average molecular weight is 876 g/mol. The number of carbonyl (C=O) groups excluding carboxylic acids is 2. The van der Waals surface area contributed by atoms with E-state index in [0.717, 1.165) is 77.0 Å². The van der Waals surface area contributed by atoms with E-state index in [1.54, 1.807) is 6.20 Å². The lowest BCUT2D eigenvalue weighted by Gasteiger charge is -2.42. The van der Waals surface area contributed by atoms with E-state index in [4.69, 9.17) is 9.47 Å². The van der Waals surface area contributed by atoms with Crippen LogP contribution in [0.3, 0.4) is 0 Å². The summed E-state index contributed by atoms with van der Waals surface area (Å²) in [5, 5.41) is 22.8. The van der Waals surface area contributed by atoms with Gasteiger partial charge in [-0.3, -0.25) is 14.5 Å². The highest BCUT2D eigenvalue weighted by molar-refractivity contribution is 5.72. The molecule has 1 aromatic heterocycles. The van der Waals surface area contributed by atoms with E-state index in [0.29, 0.717) is 45.7 Å². The number of hydrogen-bond donors (Lipinski definition) is 2. The molecule has 5 unspecified atom stereocenters. The molecule has 0 aliphatic heterocycles. The normalized spacial score (nSPS) is 14.5. The Morgan fingerprint density at radius 1 is 0.548 bits per heavy atom. The van der Waals surface area contributed by atoms with Crippen LogP contribution in [0, 0.1) is 17.3 Å². The second-order valence-corrected chi connectivity index (χ2v) is 19.9. The molecule has 0 aliphatic rings. The molecular weight excluding hydrogens is 775 g/mol. The zero-order valence-corrected chi connectivity index (χ0v) is 41.7. The Labute approximate surface area is 382 Å². The van der Waals surface area contributed by atoms with Gasteiger partial charge in [-0.1, -0.05) is 177 Å². The Morgan fingerprint density at radius 2 is 0.903 bits per heavy atom. The fourth-order valence-electron chi connectivity index (χ4n) is 8.87. The molecule has 0 bridgehead atoms. The summed E-state index contributed by atoms with van der Waals surface area (Å²) in [5.74, 6) is -0.0693. The summed E-state index contributed by atoms with van der Waals surface area (Å²) in [4.78, 5) is 32.9. The van der Waals surface area contributed by atoms with Crippen molar-refractivity contribution in [3.8, 4) is 0 Å². The Hall–Kier alpha value is -1.97. The molecule has 5 atom stereocenters. The van der Waals surface area contributed by atoms with Crippen molar-refractivity contribution < 1.29 is 29.3 Å². The maximum Gasteiger partial charge on any atom is 0.308 e. The van der Waals surface area contributed by atoms with Gasteiger partial charge in [0.1, 0.15) is 0 Å². The highest BCUT2D eigenvalue weighted by Gasteiger charge is 2.33. The summed E-state index contributed by atoms with van der Waals surface area (Å²) in [6.45, 7) is 18.0. The smallest absolute Gasteiger partial charge is 0.308 e. The molecule has 0 radical (unpaired) electrons. The van der Waals surface area contributed by atoms with Crippen LogP contribution in [0.25, 0.3) is 0 Å². The molecule has 0 aliphatic carbocycles.